The van der Waals surface area contributed by atoms with Crippen LogP contribution < -0.4 is 16.1 Å². The quantitative estimate of drug-likeness (QED) is 0.402. The van der Waals surface area contributed by atoms with Gasteiger partial charge in [0.15, 0.2) is 0 Å². The molecule has 2 aromatic heterocycles. The van der Waals surface area contributed by atoms with Crippen LogP contribution in [0.2, 0.25) is 0 Å². The number of methoxy groups -OCH3 is 1. The van der Waals surface area contributed by atoms with Crippen LogP contribution in [0.15, 0.2) is 30.5 Å². The SMILES string of the molecule is CCc1c(-c2cccnc2[C@H](C)OC)n2c3cc(c(F)cc13)N1CCO[C@@H](C[C@@H](N)C(=O)N3CCC[C@H](N3)C(=O)OCC(C)(C)C2)C1. The Morgan fingerprint density at radius 3 is 2.83 bits per heavy atom. The second-order valence-electron chi connectivity index (χ2n) is 13.8. The van der Waals surface area contributed by atoms with Crippen LogP contribution in [-0.4, -0.2) is 84.6 Å². The third-order valence-corrected chi connectivity index (χ3v) is 9.66. The zero-order chi connectivity index (χ0) is 33.5. The van der Waals surface area contributed by atoms with E-state index in [-0.39, 0.29) is 37.0 Å². The minimum absolute atomic E-state index is 0.144. The van der Waals surface area contributed by atoms with E-state index in [2.05, 4.69) is 30.8 Å². The van der Waals surface area contributed by atoms with Crippen LogP contribution in [-0.2, 0) is 36.8 Å². The molecule has 3 aliphatic rings. The number of ether oxygens (including phenoxy) is 3. The van der Waals surface area contributed by atoms with Crippen molar-refractivity contribution in [2.75, 3.05) is 44.9 Å². The number of carbonyl (C=O) groups is 2. The van der Waals surface area contributed by atoms with Crippen molar-refractivity contribution in [2.45, 2.75) is 84.2 Å². The van der Waals surface area contributed by atoms with Crippen LogP contribution >= 0.6 is 0 Å². The number of carbonyl (C=O) groups excluding carboxylic acids is 2. The van der Waals surface area contributed by atoms with Crippen molar-refractivity contribution in [3.05, 3.63) is 47.5 Å². The molecule has 11 nitrogen and oxygen atoms in total. The lowest BCUT2D eigenvalue weighted by Gasteiger charge is -2.38. The van der Waals surface area contributed by atoms with Gasteiger partial charge in [0, 0.05) is 55.9 Å². The van der Waals surface area contributed by atoms with E-state index in [0.717, 1.165) is 33.4 Å². The number of morpholine rings is 1. The van der Waals surface area contributed by atoms with Gasteiger partial charge in [-0.05, 0) is 62.4 Å². The zero-order valence-electron chi connectivity index (χ0n) is 28.1. The zero-order valence-corrected chi connectivity index (χ0v) is 28.1. The fourth-order valence-electron chi connectivity index (χ4n) is 7.17. The number of hydrogen-bond donors (Lipinski definition) is 2. The number of hydrazine groups is 1. The number of esters is 1. The molecule has 5 heterocycles. The molecule has 0 radical (unpaired) electrons. The molecule has 6 bridgehead atoms. The van der Waals surface area contributed by atoms with Gasteiger partial charge < -0.3 is 29.4 Å². The van der Waals surface area contributed by atoms with Crippen LogP contribution in [0, 0.1) is 11.2 Å². The Morgan fingerprint density at radius 1 is 1.26 bits per heavy atom. The Hall–Kier alpha value is -3.58. The smallest absolute Gasteiger partial charge is 0.324 e. The first kappa shape index (κ1) is 33.3. The Labute approximate surface area is 275 Å². The molecule has 2 fully saturated rings. The van der Waals surface area contributed by atoms with Gasteiger partial charge in [-0.25, -0.2) is 9.82 Å². The number of nitrogens with one attached hydrogen (secondary N) is 1. The lowest BCUT2D eigenvalue weighted by molar-refractivity contribution is -0.155. The molecule has 1 amide bonds. The van der Waals surface area contributed by atoms with Gasteiger partial charge in [-0.2, -0.15) is 0 Å². The number of pyridine rings is 1. The van der Waals surface area contributed by atoms with Gasteiger partial charge in [0.1, 0.15) is 11.9 Å². The molecule has 3 aromatic rings. The average Bonchev–Trinajstić information content (AvgIpc) is 3.36. The highest BCUT2D eigenvalue weighted by Crippen LogP contribution is 2.41. The van der Waals surface area contributed by atoms with E-state index >= 15 is 4.39 Å². The topological polar surface area (TPSA) is 124 Å². The molecule has 254 valence electrons. The van der Waals surface area contributed by atoms with Crippen LogP contribution in [0.4, 0.5) is 10.1 Å². The number of fused-ring (bicyclic) bond motifs is 6. The molecule has 12 heteroatoms. The third kappa shape index (κ3) is 6.61. The van der Waals surface area contributed by atoms with E-state index in [9.17, 15) is 9.59 Å². The summed E-state index contributed by atoms with van der Waals surface area (Å²) in [5.41, 5.74) is 14.0. The van der Waals surface area contributed by atoms with Gasteiger partial charge >= 0.3 is 5.97 Å². The van der Waals surface area contributed by atoms with Gasteiger partial charge in [-0.1, -0.05) is 20.8 Å². The molecule has 3 aliphatic heterocycles. The van der Waals surface area contributed by atoms with Crippen LogP contribution in [0.3, 0.4) is 0 Å². The van der Waals surface area contributed by atoms with E-state index in [0.29, 0.717) is 57.7 Å². The van der Waals surface area contributed by atoms with Crippen LogP contribution in [0.5, 0.6) is 0 Å². The largest absolute Gasteiger partial charge is 0.464 e. The molecule has 4 atom stereocenters. The van der Waals surface area contributed by atoms with Crippen molar-refractivity contribution in [1.82, 2.24) is 20.0 Å². The maximum absolute atomic E-state index is 16.2. The fraction of sp³-hybridized carbons (Fsp3) is 0.571. The van der Waals surface area contributed by atoms with Crippen molar-refractivity contribution in [3.63, 3.8) is 0 Å². The van der Waals surface area contributed by atoms with Gasteiger partial charge in [-0.15, -0.1) is 0 Å². The van der Waals surface area contributed by atoms with E-state index < -0.39 is 23.5 Å². The molecule has 0 aliphatic carbocycles. The maximum atomic E-state index is 16.2. The summed E-state index contributed by atoms with van der Waals surface area (Å²) in [4.78, 5) is 33.4. The number of cyclic esters (lactones) is 1. The molecule has 6 rings (SSSR count). The highest BCUT2D eigenvalue weighted by Gasteiger charge is 2.35. The number of anilines is 1. The summed E-state index contributed by atoms with van der Waals surface area (Å²) in [6, 6.07) is 6.04. The first-order chi connectivity index (χ1) is 22.5. The number of nitrogens with two attached hydrogens (primary N) is 1. The number of rotatable bonds is 4. The van der Waals surface area contributed by atoms with Crippen molar-refractivity contribution in [3.8, 4) is 11.3 Å². The van der Waals surface area contributed by atoms with E-state index in [1.165, 1.54) is 5.01 Å². The molecule has 0 spiro atoms. The fourth-order valence-corrected chi connectivity index (χ4v) is 7.17. The van der Waals surface area contributed by atoms with Crippen molar-refractivity contribution < 1.29 is 28.2 Å². The lowest BCUT2D eigenvalue weighted by atomic mass is 9.93. The minimum atomic E-state index is -0.845. The van der Waals surface area contributed by atoms with Gasteiger partial charge in [0.25, 0.3) is 5.91 Å². The van der Waals surface area contributed by atoms with Gasteiger partial charge in [0.05, 0.1) is 54.1 Å². The average molecular weight is 651 g/mol. The number of halogens is 1. The Bertz CT molecular complexity index is 1640. The van der Waals surface area contributed by atoms with Crippen LogP contribution in [0.1, 0.15) is 64.3 Å². The van der Waals surface area contributed by atoms with E-state index in [1.54, 1.807) is 19.4 Å². The first-order valence-electron chi connectivity index (χ1n) is 16.7. The summed E-state index contributed by atoms with van der Waals surface area (Å²) in [5.74, 6) is -1.02. The summed E-state index contributed by atoms with van der Waals surface area (Å²) in [6.07, 6.45) is 3.25. The minimum Gasteiger partial charge on any atom is -0.464 e. The number of benzene rings is 1. The second-order valence-corrected chi connectivity index (χ2v) is 13.8. The van der Waals surface area contributed by atoms with Crippen molar-refractivity contribution in [2.24, 2.45) is 11.1 Å². The number of amides is 1. The predicted octanol–water partition coefficient (Wildman–Crippen LogP) is 4.11. The summed E-state index contributed by atoms with van der Waals surface area (Å²) in [5, 5.41) is 2.27. The third-order valence-electron chi connectivity index (χ3n) is 9.66. The number of nitrogens with zero attached hydrogens (tertiary/aromatic N) is 4. The first-order valence-corrected chi connectivity index (χ1v) is 16.7. The number of aromatic nitrogens is 2. The number of aryl methyl sites for hydroxylation is 1. The molecular formula is C35H47FN6O5. The summed E-state index contributed by atoms with van der Waals surface area (Å²) in [7, 11) is 1.66. The molecule has 1 aromatic carbocycles. The molecule has 47 heavy (non-hydrogen) atoms. The van der Waals surface area contributed by atoms with E-state index in [1.807, 2.05) is 30.0 Å². The Morgan fingerprint density at radius 2 is 2.06 bits per heavy atom. The summed E-state index contributed by atoms with van der Waals surface area (Å²) < 4.78 is 36.2. The highest BCUT2D eigenvalue weighted by molar-refractivity contribution is 5.94. The Balaban J connectivity index is 1.52. The molecule has 3 N–H and O–H groups in total. The second kappa shape index (κ2) is 13.5. The van der Waals surface area contributed by atoms with Crippen molar-refractivity contribution in [1.29, 1.82) is 0 Å². The normalized spacial score (nSPS) is 24.6. The predicted molar refractivity (Wildman–Crippen MR) is 177 cm³/mol. The van der Waals surface area contributed by atoms with Gasteiger partial charge in [-0.3, -0.25) is 19.6 Å². The summed E-state index contributed by atoms with van der Waals surface area (Å²) in [6.45, 7) is 10.5. The maximum Gasteiger partial charge on any atom is 0.324 e. The molecular weight excluding hydrogens is 603 g/mol. The summed E-state index contributed by atoms with van der Waals surface area (Å²) >= 11 is 0. The standard InChI is InChI=1S/C35H47FN6O5/c1-6-23-25-16-26(36)30-17-29(25)41(32(23)24-9-7-11-38-31(24)21(2)45-5)19-35(3,4)20-47-34(44)28-10-8-12-42(39-28)33(43)27(37)15-22-18-40(30)13-14-46-22/h7,9,11,16-17,21-22,27-28,39H,6,8,10,12-15,18-20,37H2,1-5H3/t21-,22-,27+,28-/m0/s1. The van der Waals surface area contributed by atoms with Crippen LogP contribution in [0.25, 0.3) is 22.2 Å². The molecule has 2 saturated heterocycles. The van der Waals surface area contributed by atoms with E-state index in [4.69, 9.17) is 24.9 Å². The van der Waals surface area contributed by atoms with Gasteiger partial charge in [0.2, 0.25) is 0 Å². The monoisotopic (exact) mass is 650 g/mol. The number of hydrogen-bond acceptors (Lipinski definition) is 9. The molecule has 0 unspecified atom stereocenters. The molecule has 0 saturated carbocycles. The lowest BCUT2D eigenvalue weighted by Crippen LogP contribution is -2.59. The highest BCUT2D eigenvalue weighted by atomic mass is 19.1. The van der Waals surface area contributed by atoms with Crippen molar-refractivity contribution >= 4 is 28.5 Å². The Kier molecular flexibility index (Phi) is 9.57.